The molecule has 1 N–H and O–H groups in total. The zero-order valence-electron chi connectivity index (χ0n) is 12.3. The minimum absolute atomic E-state index is 0.155. The second-order valence-corrected chi connectivity index (χ2v) is 6.57. The van der Waals surface area contributed by atoms with E-state index in [9.17, 15) is 4.79 Å². The molecule has 1 aliphatic heterocycles. The first kappa shape index (κ1) is 13.7. The minimum atomic E-state index is 0.155. The zero-order chi connectivity index (χ0) is 13.9. The number of carbonyl (C=O) groups is 1. The highest BCUT2D eigenvalue weighted by atomic mass is 16.1. The summed E-state index contributed by atoms with van der Waals surface area (Å²) in [6.45, 7) is 2.95. The van der Waals surface area contributed by atoms with Gasteiger partial charge >= 0.3 is 0 Å². The van der Waals surface area contributed by atoms with Gasteiger partial charge in [-0.25, -0.2) is 4.98 Å². The van der Waals surface area contributed by atoms with Gasteiger partial charge in [-0.15, -0.1) is 0 Å². The highest BCUT2D eigenvalue weighted by molar-refractivity contribution is 5.78. The van der Waals surface area contributed by atoms with Crippen LogP contribution in [0.1, 0.15) is 51.1 Å². The molecule has 0 spiro atoms. The van der Waals surface area contributed by atoms with Gasteiger partial charge in [0, 0.05) is 30.4 Å². The van der Waals surface area contributed by atoms with E-state index in [-0.39, 0.29) is 17.9 Å². The number of aromatic nitrogens is 2. The summed E-state index contributed by atoms with van der Waals surface area (Å²) in [6.07, 6.45) is 12.3. The molecule has 2 unspecified atom stereocenters. The van der Waals surface area contributed by atoms with Gasteiger partial charge in [-0.1, -0.05) is 32.6 Å². The molecule has 3 rings (SSSR count). The maximum atomic E-state index is 12.3. The largest absolute Gasteiger partial charge is 0.351 e. The van der Waals surface area contributed by atoms with E-state index in [4.69, 9.17) is 0 Å². The van der Waals surface area contributed by atoms with E-state index in [2.05, 4.69) is 21.8 Å². The van der Waals surface area contributed by atoms with E-state index in [1.165, 1.54) is 31.4 Å². The lowest BCUT2D eigenvalue weighted by Crippen LogP contribution is -2.43. The van der Waals surface area contributed by atoms with E-state index < -0.39 is 0 Å². The lowest BCUT2D eigenvalue weighted by Gasteiger charge is -2.26. The van der Waals surface area contributed by atoms with Crippen LogP contribution in [0.5, 0.6) is 0 Å². The van der Waals surface area contributed by atoms with Crippen molar-refractivity contribution < 1.29 is 4.79 Å². The van der Waals surface area contributed by atoms with Gasteiger partial charge in [0.2, 0.25) is 5.91 Å². The predicted molar refractivity (Wildman–Crippen MR) is 78.2 cm³/mol. The van der Waals surface area contributed by atoms with Gasteiger partial charge in [0.1, 0.15) is 0 Å². The predicted octanol–water partition coefficient (Wildman–Crippen LogP) is 2.53. The van der Waals surface area contributed by atoms with Crippen LogP contribution in [-0.2, 0) is 17.8 Å². The SMILES string of the molecule is CC(CC1CCCC1)C(=O)NC1CCc2cncn2C1. The highest BCUT2D eigenvalue weighted by Crippen LogP contribution is 2.30. The summed E-state index contributed by atoms with van der Waals surface area (Å²) >= 11 is 0. The Morgan fingerprint density at radius 2 is 2.25 bits per heavy atom. The van der Waals surface area contributed by atoms with Crippen molar-refractivity contribution in [2.75, 3.05) is 0 Å². The van der Waals surface area contributed by atoms with E-state index in [0.717, 1.165) is 31.7 Å². The third-order valence-electron chi connectivity index (χ3n) is 4.92. The number of carbonyl (C=O) groups excluding carboxylic acids is 1. The van der Waals surface area contributed by atoms with Gasteiger partial charge in [-0.3, -0.25) is 4.79 Å². The Labute approximate surface area is 121 Å². The number of imidazole rings is 1. The Hall–Kier alpha value is -1.32. The molecule has 1 aromatic rings. The molecule has 1 fully saturated rings. The summed E-state index contributed by atoms with van der Waals surface area (Å²) in [5, 5.41) is 3.24. The van der Waals surface area contributed by atoms with Crippen molar-refractivity contribution >= 4 is 5.91 Å². The van der Waals surface area contributed by atoms with Crippen molar-refractivity contribution in [3.8, 4) is 0 Å². The Balaban J connectivity index is 1.49. The van der Waals surface area contributed by atoms with Crippen molar-refractivity contribution in [2.45, 2.75) is 64.5 Å². The second-order valence-electron chi connectivity index (χ2n) is 6.57. The van der Waals surface area contributed by atoms with Crippen LogP contribution in [0.25, 0.3) is 0 Å². The standard InChI is InChI=1S/C16H25N3O/c1-12(8-13-4-2-3-5-13)16(20)18-14-6-7-15-9-17-11-19(15)10-14/h9,11-14H,2-8,10H2,1H3,(H,18,20). The van der Waals surface area contributed by atoms with Crippen LogP contribution in [0.15, 0.2) is 12.5 Å². The smallest absolute Gasteiger partial charge is 0.223 e. The first-order chi connectivity index (χ1) is 9.72. The maximum absolute atomic E-state index is 12.3. The Morgan fingerprint density at radius 3 is 3.05 bits per heavy atom. The lowest BCUT2D eigenvalue weighted by molar-refractivity contribution is -0.125. The van der Waals surface area contributed by atoms with Crippen LogP contribution in [0.2, 0.25) is 0 Å². The first-order valence-electron chi connectivity index (χ1n) is 8.01. The maximum Gasteiger partial charge on any atom is 0.223 e. The van der Waals surface area contributed by atoms with Crippen molar-refractivity contribution in [3.63, 3.8) is 0 Å². The number of fused-ring (bicyclic) bond motifs is 1. The molecule has 2 heterocycles. The van der Waals surface area contributed by atoms with Crippen molar-refractivity contribution in [3.05, 3.63) is 18.2 Å². The number of nitrogens with one attached hydrogen (secondary N) is 1. The van der Waals surface area contributed by atoms with Gasteiger partial charge in [0.05, 0.1) is 6.33 Å². The fourth-order valence-electron chi connectivity index (χ4n) is 3.69. The third-order valence-corrected chi connectivity index (χ3v) is 4.92. The minimum Gasteiger partial charge on any atom is -0.351 e. The van der Waals surface area contributed by atoms with E-state index in [1.807, 2.05) is 12.5 Å². The molecule has 0 aromatic carbocycles. The molecule has 4 heteroatoms. The van der Waals surface area contributed by atoms with Crippen LogP contribution in [0, 0.1) is 11.8 Å². The number of hydrogen-bond donors (Lipinski definition) is 1. The van der Waals surface area contributed by atoms with E-state index in [1.54, 1.807) is 0 Å². The van der Waals surface area contributed by atoms with Crippen LogP contribution in [0.4, 0.5) is 0 Å². The van der Waals surface area contributed by atoms with Crippen molar-refractivity contribution in [1.82, 2.24) is 14.9 Å². The molecule has 0 radical (unpaired) electrons. The van der Waals surface area contributed by atoms with Gasteiger partial charge < -0.3 is 9.88 Å². The molecule has 0 saturated heterocycles. The molecule has 1 saturated carbocycles. The molecule has 2 atom stereocenters. The Morgan fingerprint density at radius 1 is 1.45 bits per heavy atom. The number of rotatable bonds is 4. The molecule has 1 amide bonds. The molecule has 4 nitrogen and oxygen atoms in total. The average Bonchev–Trinajstić information content (AvgIpc) is 3.08. The number of nitrogens with zero attached hydrogens (tertiary/aromatic N) is 2. The van der Waals surface area contributed by atoms with Gasteiger partial charge in [-0.2, -0.15) is 0 Å². The van der Waals surface area contributed by atoms with Gasteiger partial charge in [0.25, 0.3) is 0 Å². The summed E-state index contributed by atoms with van der Waals surface area (Å²) in [6, 6.07) is 0.273. The third kappa shape index (κ3) is 3.05. The molecular formula is C16H25N3O. The fraction of sp³-hybridized carbons (Fsp3) is 0.750. The molecule has 1 aromatic heterocycles. The molecule has 20 heavy (non-hydrogen) atoms. The number of hydrogen-bond acceptors (Lipinski definition) is 2. The first-order valence-corrected chi connectivity index (χ1v) is 8.01. The van der Waals surface area contributed by atoms with Crippen LogP contribution < -0.4 is 5.32 Å². The second kappa shape index (κ2) is 5.98. The zero-order valence-corrected chi connectivity index (χ0v) is 12.3. The normalized spacial score (nSPS) is 24.4. The van der Waals surface area contributed by atoms with Crippen molar-refractivity contribution in [2.24, 2.45) is 11.8 Å². The number of amides is 1. The monoisotopic (exact) mass is 275 g/mol. The molecule has 110 valence electrons. The summed E-state index contributed by atoms with van der Waals surface area (Å²) in [4.78, 5) is 16.5. The summed E-state index contributed by atoms with van der Waals surface area (Å²) < 4.78 is 2.16. The molecule has 1 aliphatic carbocycles. The highest BCUT2D eigenvalue weighted by Gasteiger charge is 2.25. The Bertz CT molecular complexity index is 462. The average molecular weight is 275 g/mol. The number of aryl methyl sites for hydroxylation is 1. The summed E-state index contributed by atoms with van der Waals surface area (Å²) in [5.74, 6) is 1.18. The Kier molecular flexibility index (Phi) is 4.08. The topological polar surface area (TPSA) is 46.9 Å². The van der Waals surface area contributed by atoms with Gasteiger partial charge in [-0.05, 0) is 25.2 Å². The van der Waals surface area contributed by atoms with E-state index >= 15 is 0 Å². The molecule has 0 bridgehead atoms. The summed E-state index contributed by atoms with van der Waals surface area (Å²) in [5.41, 5.74) is 1.29. The summed E-state index contributed by atoms with van der Waals surface area (Å²) in [7, 11) is 0. The van der Waals surface area contributed by atoms with Crippen LogP contribution in [0.3, 0.4) is 0 Å². The van der Waals surface area contributed by atoms with Crippen LogP contribution in [-0.4, -0.2) is 21.5 Å². The van der Waals surface area contributed by atoms with Crippen molar-refractivity contribution in [1.29, 1.82) is 0 Å². The lowest BCUT2D eigenvalue weighted by atomic mass is 9.93. The molecular weight excluding hydrogens is 250 g/mol. The fourth-order valence-corrected chi connectivity index (χ4v) is 3.69. The van der Waals surface area contributed by atoms with Gasteiger partial charge in [0.15, 0.2) is 0 Å². The molecule has 2 aliphatic rings. The van der Waals surface area contributed by atoms with E-state index in [0.29, 0.717) is 0 Å². The van der Waals surface area contributed by atoms with Crippen LogP contribution >= 0.6 is 0 Å². The quantitative estimate of drug-likeness (QED) is 0.918.